The van der Waals surface area contributed by atoms with E-state index in [-0.39, 0.29) is 23.6 Å². The van der Waals surface area contributed by atoms with E-state index in [0.29, 0.717) is 24.5 Å². The molecule has 1 aliphatic rings. The van der Waals surface area contributed by atoms with Crippen molar-refractivity contribution in [2.24, 2.45) is 5.92 Å². The van der Waals surface area contributed by atoms with Gasteiger partial charge in [0.25, 0.3) is 5.91 Å². The van der Waals surface area contributed by atoms with Crippen LogP contribution in [0, 0.1) is 5.92 Å². The SMILES string of the molecule is CCN[C@@H](C)C(=O)N[C@H](C(=O)N1c2ncccc2C[C@H]1C(=O)Nc1ccccc1)C(C)C. The summed E-state index contributed by atoms with van der Waals surface area (Å²) in [7, 11) is 0. The van der Waals surface area contributed by atoms with Gasteiger partial charge in [0.05, 0.1) is 6.04 Å². The molecule has 0 aliphatic carbocycles. The van der Waals surface area contributed by atoms with Crippen molar-refractivity contribution >= 4 is 29.2 Å². The van der Waals surface area contributed by atoms with Gasteiger partial charge in [-0.3, -0.25) is 19.3 Å². The Labute approximate surface area is 188 Å². The Hall–Kier alpha value is -3.26. The monoisotopic (exact) mass is 437 g/mol. The smallest absolute Gasteiger partial charge is 0.251 e. The van der Waals surface area contributed by atoms with E-state index in [1.165, 1.54) is 4.90 Å². The zero-order valence-electron chi connectivity index (χ0n) is 19.0. The van der Waals surface area contributed by atoms with E-state index >= 15 is 0 Å². The summed E-state index contributed by atoms with van der Waals surface area (Å²) in [5, 5.41) is 8.81. The van der Waals surface area contributed by atoms with Crippen molar-refractivity contribution in [3.05, 3.63) is 54.2 Å². The number of rotatable bonds is 8. The number of carbonyl (C=O) groups is 3. The molecule has 0 radical (unpaired) electrons. The van der Waals surface area contributed by atoms with Gasteiger partial charge in [0.2, 0.25) is 11.8 Å². The fourth-order valence-corrected chi connectivity index (χ4v) is 3.81. The van der Waals surface area contributed by atoms with Crippen LogP contribution in [0.15, 0.2) is 48.7 Å². The molecule has 3 atom stereocenters. The molecule has 0 bridgehead atoms. The molecule has 3 N–H and O–H groups in total. The first kappa shape index (κ1) is 23.4. The summed E-state index contributed by atoms with van der Waals surface area (Å²) in [4.78, 5) is 45.3. The minimum Gasteiger partial charge on any atom is -0.343 e. The highest BCUT2D eigenvalue weighted by molar-refractivity contribution is 6.09. The number of carbonyl (C=O) groups excluding carboxylic acids is 3. The molecule has 170 valence electrons. The molecule has 3 amide bonds. The Balaban J connectivity index is 1.88. The van der Waals surface area contributed by atoms with Gasteiger partial charge in [0.15, 0.2) is 0 Å². The Kier molecular flexibility index (Phi) is 7.58. The molecule has 0 unspecified atom stereocenters. The number of nitrogens with zero attached hydrogens (tertiary/aromatic N) is 2. The van der Waals surface area contributed by atoms with Crippen LogP contribution in [0.2, 0.25) is 0 Å². The second-order valence-electron chi connectivity index (χ2n) is 8.28. The summed E-state index contributed by atoms with van der Waals surface area (Å²) in [5.41, 5.74) is 1.48. The van der Waals surface area contributed by atoms with Crippen LogP contribution in [-0.4, -0.2) is 47.4 Å². The van der Waals surface area contributed by atoms with Crippen LogP contribution in [-0.2, 0) is 20.8 Å². The lowest BCUT2D eigenvalue weighted by atomic mass is 10.0. The van der Waals surface area contributed by atoms with Crippen LogP contribution in [0.25, 0.3) is 0 Å². The third-order valence-corrected chi connectivity index (χ3v) is 5.54. The summed E-state index contributed by atoms with van der Waals surface area (Å²) < 4.78 is 0. The predicted octanol–water partition coefficient (Wildman–Crippen LogP) is 2.12. The number of nitrogens with one attached hydrogen (secondary N) is 3. The minimum absolute atomic E-state index is 0.175. The summed E-state index contributed by atoms with van der Waals surface area (Å²) in [6.45, 7) is 8.05. The maximum absolute atomic E-state index is 13.7. The molecule has 3 rings (SSSR count). The number of likely N-dealkylation sites (N-methyl/N-ethyl adjacent to an activating group) is 1. The number of benzene rings is 1. The van der Waals surface area contributed by atoms with Crippen LogP contribution in [0.5, 0.6) is 0 Å². The number of para-hydroxylation sites is 1. The zero-order valence-corrected chi connectivity index (χ0v) is 19.0. The first-order valence-corrected chi connectivity index (χ1v) is 11.0. The normalized spacial score (nSPS) is 16.9. The first-order chi connectivity index (χ1) is 15.3. The third kappa shape index (κ3) is 5.13. The second-order valence-corrected chi connectivity index (χ2v) is 8.28. The lowest BCUT2D eigenvalue weighted by Crippen LogP contribution is -2.58. The first-order valence-electron chi connectivity index (χ1n) is 11.0. The molecular weight excluding hydrogens is 406 g/mol. The topological polar surface area (TPSA) is 103 Å². The molecule has 2 heterocycles. The number of anilines is 2. The average molecular weight is 438 g/mol. The molecule has 8 nitrogen and oxygen atoms in total. The fourth-order valence-electron chi connectivity index (χ4n) is 3.81. The molecule has 0 spiro atoms. The molecule has 0 saturated heterocycles. The van der Waals surface area contributed by atoms with Gasteiger partial charge in [0.1, 0.15) is 17.9 Å². The third-order valence-electron chi connectivity index (χ3n) is 5.54. The van der Waals surface area contributed by atoms with Crippen molar-refractivity contribution in [3.63, 3.8) is 0 Å². The van der Waals surface area contributed by atoms with Crippen LogP contribution in [0.4, 0.5) is 11.5 Å². The summed E-state index contributed by atoms with van der Waals surface area (Å²) in [6.07, 6.45) is 1.97. The van der Waals surface area contributed by atoms with Crippen molar-refractivity contribution in [3.8, 4) is 0 Å². The van der Waals surface area contributed by atoms with E-state index in [4.69, 9.17) is 0 Å². The van der Waals surface area contributed by atoms with E-state index < -0.39 is 18.1 Å². The molecule has 0 fully saturated rings. The van der Waals surface area contributed by atoms with Gasteiger partial charge < -0.3 is 16.0 Å². The number of hydrogen-bond acceptors (Lipinski definition) is 5. The van der Waals surface area contributed by atoms with Crippen molar-refractivity contribution < 1.29 is 14.4 Å². The van der Waals surface area contributed by atoms with Crippen molar-refractivity contribution in [2.75, 3.05) is 16.8 Å². The largest absolute Gasteiger partial charge is 0.343 e. The maximum atomic E-state index is 13.7. The van der Waals surface area contributed by atoms with Crippen LogP contribution in [0.3, 0.4) is 0 Å². The summed E-state index contributed by atoms with van der Waals surface area (Å²) in [6, 6.07) is 10.8. The lowest BCUT2D eigenvalue weighted by molar-refractivity contribution is -0.130. The number of pyridine rings is 1. The second kappa shape index (κ2) is 10.4. The van der Waals surface area contributed by atoms with Crippen molar-refractivity contribution in [2.45, 2.75) is 52.2 Å². The summed E-state index contributed by atoms with van der Waals surface area (Å²) >= 11 is 0. The highest BCUT2D eigenvalue weighted by atomic mass is 16.2. The molecular formula is C24H31N5O3. The molecule has 2 aromatic rings. The highest BCUT2D eigenvalue weighted by Crippen LogP contribution is 2.32. The summed E-state index contributed by atoms with van der Waals surface area (Å²) in [5.74, 6) is -0.610. The number of fused-ring (bicyclic) bond motifs is 1. The standard InChI is InChI=1S/C24H31N5O3/c1-5-25-16(4)22(30)28-20(15(2)3)24(32)29-19(14-17-10-9-13-26-21(17)29)23(31)27-18-11-7-6-8-12-18/h6-13,15-16,19-20,25H,5,14H2,1-4H3,(H,27,31)(H,28,30)/t16-,19-,20-/m0/s1. The van der Waals surface area contributed by atoms with E-state index in [2.05, 4.69) is 20.9 Å². The van der Waals surface area contributed by atoms with Gasteiger partial charge in [-0.1, -0.05) is 45.0 Å². The zero-order chi connectivity index (χ0) is 23.3. The van der Waals surface area contributed by atoms with Crippen LogP contribution >= 0.6 is 0 Å². The molecule has 32 heavy (non-hydrogen) atoms. The van der Waals surface area contributed by atoms with Crippen LogP contribution < -0.4 is 20.9 Å². The van der Waals surface area contributed by atoms with Gasteiger partial charge >= 0.3 is 0 Å². The van der Waals surface area contributed by atoms with E-state index in [1.54, 1.807) is 31.3 Å². The maximum Gasteiger partial charge on any atom is 0.251 e. The Morgan fingerprint density at radius 2 is 1.81 bits per heavy atom. The minimum atomic E-state index is -0.788. The average Bonchev–Trinajstić information content (AvgIpc) is 3.17. The van der Waals surface area contributed by atoms with Gasteiger partial charge in [-0.05, 0) is 43.1 Å². The lowest BCUT2D eigenvalue weighted by Gasteiger charge is -2.31. The van der Waals surface area contributed by atoms with E-state index in [9.17, 15) is 14.4 Å². The van der Waals surface area contributed by atoms with Gasteiger partial charge in [-0.25, -0.2) is 4.98 Å². The number of amides is 3. The van der Waals surface area contributed by atoms with Gasteiger partial charge in [0, 0.05) is 18.3 Å². The van der Waals surface area contributed by atoms with E-state index in [0.717, 1.165) is 5.56 Å². The molecule has 1 aromatic carbocycles. The molecule has 8 heteroatoms. The highest BCUT2D eigenvalue weighted by Gasteiger charge is 2.43. The quantitative estimate of drug-likeness (QED) is 0.587. The Morgan fingerprint density at radius 1 is 1.09 bits per heavy atom. The van der Waals surface area contributed by atoms with Crippen molar-refractivity contribution in [1.29, 1.82) is 0 Å². The molecule has 0 saturated carbocycles. The Bertz CT molecular complexity index is 963. The molecule has 1 aliphatic heterocycles. The number of aromatic nitrogens is 1. The van der Waals surface area contributed by atoms with Gasteiger partial charge in [-0.15, -0.1) is 0 Å². The van der Waals surface area contributed by atoms with Crippen LogP contribution in [0.1, 0.15) is 33.3 Å². The van der Waals surface area contributed by atoms with Gasteiger partial charge in [-0.2, -0.15) is 0 Å². The number of hydrogen-bond donors (Lipinski definition) is 3. The Morgan fingerprint density at radius 3 is 2.47 bits per heavy atom. The van der Waals surface area contributed by atoms with Crippen molar-refractivity contribution in [1.82, 2.24) is 15.6 Å². The fraction of sp³-hybridized carbons (Fsp3) is 0.417. The van der Waals surface area contributed by atoms with E-state index in [1.807, 2.05) is 45.0 Å². The predicted molar refractivity (Wildman–Crippen MR) is 124 cm³/mol. The molecule has 1 aromatic heterocycles.